The molecule has 33 heavy (non-hydrogen) atoms. The molecule has 8 heteroatoms. The van der Waals surface area contributed by atoms with Gasteiger partial charge in [0.05, 0.1) is 18.3 Å². The largest absolute Gasteiger partial charge is 0.497 e. The third kappa shape index (κ3) is 5.22. The highest BCUT2D eigenvalue weighted by atomic mass is 35.5. The number of hydrogen-bond donors (Lipinski definition) is 2. The highest BCUT2D eigenvalue weighted by Crippen LogP contribution is 2.32. The number of methoxy groups -OCH3 is 1. The quantitative estimate of drug-likeness (QED) is 0.416. The average Bonchev–Trinajstić information content (AvgIpc) is 2.83. The second-order valence-electron chi connectivity index (χ2n) is 7.18. The highest BCUT2D eigenvalue weighted by molar-refractivity contribution is 6.30. The van der Waals surface area contributed by atoms with Crippen molar-refractivity contribution >= 4 is 40.0 Å². The molecule has 0 atom stereocenters. The first-order valence-corrected chi connectivity index (χ1v) is 10.4. The number of fused-ring (bicyclic) bond motifs is 1. The van der Waals surface area contributed by atoms with Gasteiger partial charge in [0.25, 0.3) is 11.8 Å². The van der Waals surface area contributed by atoms with Crippen molar-refractivity contribution in [1.29, 1.82) is 0 Å². The molecule has 3 N–H and O–H groups in total. The van der Waals surface area contributed by atoms with Gasteiger partial charge < -0.3 is 20.5 Å². The Morgan fingerprint density at radius 2 is 1.73 bits per heavy atom. The van der Waals surface area contributed by atoms with Crippen LogP contribution in [0.25, 0.3) is 22.2 Å². The van der Waals surface area contributed by atoms with Gasteiger partial charge in [-0.05, 0) is 54.6 Å². The fraction of sp³-hybridized carbons (Fsp3) is 0.0800. The fourth-order valence-electron chi connectivity index (χ4n) is 3.26. The summed E-state index contributed by atoms with van der Waals surface area (Å²) < 4.78 is 10.8. The fourth-order valence-corrected chi connectivity index (χ4v) is 3.38. The first-order valence-electron chi connectivity index (χ1n) is 10.00. The monoisotopic (exact) mass is 461 g/mol. The van der Waals surface area contributed by atoms with Gasteiger partial charge in [0.2, 0.25) is 0 Å². The summed E-state index contributed by atoms with van der Waals surface area (Å²) >= 11 is 5.99. The number of amides is 2. The number of aromatic nitrogens is 1. The third-order valence-corrected chi connectivity index (χ3v) is 5.14. The maximum atomic E-state index is 12.6. The number of anilines is 1. The molecule has 0 aliphatic heterocycles. The van der Waals surface area contributed by atoms with Gasteiger partial charge in [0.1, 0.15) is 11.5 Å². The van der Waals surface area contributed by atoms with Crippen molar-refractivity contribution in [1.82, 2.24) is 4.98 Å². The van der Waals surface area contributed by atoms with Crippen LogP contribution in [0.2, 0.25) is 5.02 Å². The van der Waals surface area contributed by atoms with E-state index in [4.69, 9.17) is 31.8 Å². The van der Waals surface area contributed by atoms with Crippen LogP contribution in [-0.2, 0) is 4.79 Å². The number of pyridine rings is 1. The van der Waals surface area contributed by atoms with Crippen LogP contribution in [0.3, 0.4) is 0 Å². The van der Waals surface area contributed by atoms with Crippen molar-refractivity contribution < 1.29 is 19.1 Å². The summed E-state index contributed by atoms with van der Waals surface area (Å²) in [5, 5.41) is 4.10. The van der Waals surface area contributed by atoms with Crippen molar-refractivity contribution in [2.45, 2.75) is 0 Å². The van der Waals surface area contributed by atoms with E-state index in [1.54, 1.807) is 67.8 Å². The molecule has 2 amide bonds. The Kier molecular flexibility index (Phi) is 6.42. The Bertz CT molecular complexity index is 1320. The molecule has 0 aliphatic carbocycles. The molecular formula is C25H20ClN3O4. The number of halogens is 1. The van der Waals surface area contributed by atoms with Crippen LogP contribution >= 0.6 is 11.6 Å². The van der Waals surface area contributed by atoms with Crippen LogP contribution in [0, 0.1) is 0 Å². The number of nitrogens with two attached hydrogens (primary N) is 1. The molecule has 1 aromatic heterocycles. The number of ether oxygens (including phenoxy) is 2. The second-order valence-corrected chi connectivity index (χ2v) is 7.62. The summed E-state index contributed by atoms with van der Waals surface area (Å²) in [6, 6.07) is 21.0. The predicted octanol–water partition coefficient (Wildman–Crippen LogP) is 4.68. The number of rotatable bonds is 7. The molecule has 0 unspecified atom stereocenters. The number of carbonyl (C=O) groups excluding carboxylic acids is 2. The average molecular weight is 462 g/mol. The first-order chi connectivity index (χ1) is 15.9. The van der Waals surface area contributed by atoms with Crippen molar-refractivity contribution in [3.05, 3.63) is 83.4 Å². The lowest BCUT2D eigenvalue weighted by Crippen LogP contribution is -2.20. The molecule has 4 aromatic rings. The topological polar surface area (TPSA) is 104 Å². The summed E-state index contributed by atoms with van der Waals surface area (Å²) in [5.74, 6) is 0.208. The maximum absolute atomic E-state index is 12.6. The van der Waals surface area contributed by atoms with E-state index >= 15 is 0 Å². The number of nitrogens with one attached hydrogen (secondary N) is 1. The lowest BCUT2D eigenvalue weighted by atomic mass is 10.1. The van der Waals surface area contributed by atoms with Crippen molar-refractivity contribution in [2.24, 2.45) is 5.73 Å². The summed E-state index contributed by atoms with van der Waals surface area (Å²) in [6.45, 7) is -0.290. The Labute approximate surface area is 195 Å². The highest BCUT2D eigenvalue weighted by Gasteiger charge is 2.13. The van der Waals surface area contributed by atoms with Crippen LogP contribution < -0.4 is 20.5 Å². The number of benzene rings is 3. The van der Waals surface area contributed by atoms with E-state index in [0.29, 0.717) is 44.4 Å². The molecule has 3 aromatic carbocycles. The molecule has 0 saturated heterocycles. The molecule has 4 rings (SSSR count). The van der Waals surface area contributed by atoms with Gasteiger partial charge in [-0.3, -0.25) is 9.59 Å². The molecule has 0 aliphatic rings. The molecule has 0 saturated carbocycles. The zero-order valence-electron chi connectivity index (χ0n) is 17.7. The SMILES string of the molecule is COc1ccc(C(=O)Nc2ccc3nc(-c4ccc(Cl)cc4)cc(OCC(N)=O)c3c2)cc1. The molecule has 166 valence electrons. The zero-order valence-corrected chi connectivity index (χ0v) is 18.4. The van der Waals surface area contributed by atoms with Gasteiger partial charge in [-0.2, -0.15) is 0 Å². The van der Waals surface area contributed by atoms with Crippen LogP contribution in [-0.4, -0.2) is 30.5 Å². The van der Waals surface area contributed by atoms with Crippen molar-refractivity contribution in [3.63, 3.8) is 0 Å². The summed E-state index contributed by atoms with van der Waals surface area (Å²) in [4.78, 5) is 28.7. The van der Waals surface area contributed by atoms with Gasteiger partial charge in [-0.1, -0.05) is 23.7 Å². The number of carbonyl (C=O) groups is 2. The Morgan fingerprint density at radius 1 is 1.00 bits per heavy atom. The van der Waals surface area contributed by atoms with E-state index in [0.717, 1.165) is 5.56 Å². The lowest BCUT2D eigenvalue weighted by molar-refractivity contribution is -0.119. The molecule has 0 fully saturated rings. The Morgan fingerprint density at radius 3 is 2.39 bits per heavy atom. The predicted molar refractivity (Wildman–Crippen MR) is 128 cm³/mol. The summed E-state index contributed by atoms with van der Waals surface area (Å²) in [6.07, 6.45) is 0. The second kappa shape index (κ2) is 9.58. The van der Waals surface area contributed by atoms with E-state index in [2.05, 4.69) is 5.32 Å². The number of hydrogen-bond acceptors (Lipinski definition) is 5. The smallest absolute Gasteiger partial charge is 0.255 e. The van der Waals surface area contributed by atoms with Crippen molar-refractivity contribution in [2.75, 3.05) is 19.0 Å². The Balaban J connectivity index is 1.69. The summed E-state index contributed by atoms with van der Waals surface area (Å²) in [7, 11) is 1.56. The standard InChI is InChI=1S/C25H20ClN3O4/c1-32-19-9-4-16(5-10-19)25(31)28-18-8-11-21-20(12-18)23(33-14-24(27)30)13-22(29-21)15-2-6-17(26)7-3-15/h2-13H,14H2,1H3,(H2,27,30)(H,28,31). The van der Waals surface area contributed by atoms with Crippen LogP contribution in [0.1, 0.15) is 10.4 Å². The van der Waals surface area contributed by atoms with E-state index in [1.165, 1.54) is 0 Å². The molecule has 0 spiro atoms. The van der Waals surface area contributed by atoms with E-state index in [9.17, 15) is 9.59 Å². The Hall–Kier alpha value is -4.10. The maximum Gasteiger partial charge on any atom is 0.255 e. The van der Waals surface area contributed by atoms with E-state index in [-0.39, 0.29) is 12.5 Å². The van der Waals surface area contributed by atoms with Crippen molar-refractivity contribution in [3.8, 4) is 22.8 Å². The van der Waals surface area contributed by atoms with Gasteiger partial charge in [-0.15, -0.1) is 0 Å². The zero-order chi connectivity index (χ0) is 23.4. The van der Waals surface area contributed by atoms with E-state index in [1.807, 2.05) is 12.1 Å². The lowest BCUT2D eigenvalue weighted by Gasteiger charge is -2.13. The minimum Gasteiger partial charge on any atom is -0.497 e. The normalized spacial score (nSPS) is 10.6. The minimum atomic E-state index is -0.600. The van der Waals surface area contributed by atoms with Crippen LogP contribution in [0.4, 0.5) is 5.69 Å². The van der Waals surface area contributed by atoms with Crippen LogP contribution in [0.5, 0.6) is 11.5 Å². The van der Waals surface area contributed by atoms with E-state index < -0.39 is 5.91 Å². The van der Waals surface area contributed by atoms with Gasteiger partial charge >= 0.3 is 0 Å². The third-order valence-electron chi connectivity index (χ3n) is 4.89. The molecule has 0 bridgehead atoms. The molecular weight excluding hydrogens is 442 g/mol. The number of primary amides is 1. The number of nitrogens with zero attached hydrogens (tertiary/aromatic N) is 1. The minimum absolute atomic E-state index is 0.276. The van der Waals surface area contributed by atoms with Gasteiger partial charge in [0, 0.05) is 33.3 Å². The molecule has 0 radical (unpaired) electrons. The summed E-state index contributed by atoms with van der Waals surface area (Å²) in [5.41, 5.74) is 8.42. The van der Waals surface area contributed by atoms with Gasteiger partial charge in [-0.25, -0.2) is 4.98 Å². The molecule has 7 nitrogen and oxygen atoms in total. The van der Waals surface area contributed by atoms with Crippen LogP contribution in [0.15, 0.2) is 72.8 Å². The first kappa shape index (κ1) is 22.1. The molecule has 1 heterocycles. The van der Waals surface area contributed by atoms with Gasteiger partial charge in [0.15, 0.2) is 6.61 Å².